The Labute approximate surface area is 122 Å². The SMILES string of the molecule is Cc1cc(C[C@@H]2CN(c3nccnc3C#N)C[C@H]2O)n[nH]1. The highest BCUT2D eigenvalue weighted by molar-refractivity contribution is 5.50. The second-order valence-electron chi connectivity index (χ2n) is 5.32. The van der Waals surface area contributed by atoms with Crippen LogP contribution in [0, 0.1) is 24.2 Å². The first-order valence-electron chi connectivity index (χ1n) is 6.82. The molecule has 21 heavy (non-hydrogen) atoms. The third-order valence-electron chi connectivity index (χ3n) is 3.72. The summed E-state index contributed by atoms with van der Waals surface area (Å²) in [5.41, 5.74) is 2.24. The van der Waals surface area contributed by atoms with Crippen LogP contribution in [-0.2, 0) is 6.42 Å². The van der Waals surface area contributed by atoms with Gasteiger partial charge in [0.05, 0.1) is 11.8 Å². The topological polar surface area (TPSA) is 102 Å². The molecule has 0 bridgehead atoms. The first-order chi connectivity index (χ1) is 10.2. The second kappa shape index (κ2) is 5.50. The Hall–Kier alpha value is -2.46. The lowest BCUT2D eigenvalue weighted by molar-refractivity contribution is 0.148. The molecule has 3 rings (SSSR count). The molecule has 0 aromatic carbocycles. The molecule has 1 saturated heterocycles. The van der Waals surface area contributed by atoms with E-state index in [1.807, 2.05) is 24.0 Å². The van der Waals surface area contributed by atoms with Crippen LogP contribution in [0.4, 0.5) is 5.82 Å². The average Bonchev–Trinajstić information content (AvgIpc) is 3.06. The van der Waals surface area contributed by atoms with Gasteiger partial charge >= 0.3 is 0 Å². The summed E-state index contributed by atoms with van der Waals surface area (Å²) >= 11 is 0. The van der Waals surface area contributed by atoms with Crippen molar-refractivity contribution in [3.05, 3.63) is 35.5 Å². The maximum absolute atomic E-state index is 10.2. The van der Waals surface area contributed by atoms with Crippen molar-refractivity contribution in [1.82, 2.24) is 20.2 Å². The molecule has 0 spiro atoms. The molecular weight excluding hydrogens is 268 g/mol. The average molecular weight is 284 g/mol. The van der Waals surface area contributed by atoms with Crippen LogP contribution in [-0.4, -0.2) is 44.5 Å². The maximum atomic E-state index is 10.2. The molecule has 2 N–H and O–H groups in total. The van der Waals surface area contributed by atoms with Crippen LogP contribution in [0.25, 0.3) is 0 Å². The fraction of sp³-hybridized carbons (Fsp3) is 0.429. The van der Waals surface area contributed by atoms with Crippen LogP contribution < -0.4 is 4.90 Å². The Morgan fingerprint density at radius 3 is 2.95 bits per heavy atom. The van der Waals surface area contributed by atoms with Gasteiger partial charge in [-0.05, 0) is 19.4 Å². The van der Waals surface area contributed by atoms with E-state index in [1.54, 1.807) is 6.20 Å². The molecule has 0 radical (unpaired) electrons. The Morgan fingerprint density at radius 1 is 1.43 bits per heavy atom. The standard InChI is InChI=1S/C14H16N6O/c1-9-4-11(19-18-9)5-10-7-20(8-13(10)21)14-12(6-15)16-2-3-17-14/h2-4,10,13,21H,5,7-8H2,1H3,(H,18,19)/t10-,13-/m1/s1. The van der Waals surface area contributed by atoms with Gasteiger partial charge in [-0.2, -0.15) is 10.4 Å². The van der Waals surface area contributed by atoms with Crippen molar-refractivity contribution in [3.8, 4) is 6.07 Å². The molecule has 0 amide bonds. The van der Waals surface area contributed by atoms with Crippen molar-refractivity contribution in [2.24, 2.45) is 5.92 Å². The molecule has 0 aliphatic carbocycles. The molecule has 1 aliphatic rings. The zero-order chi connectivity index (χ0) is 14.8. The van der Waals surface area contributed by atoms with Crippen molar-refractivity contribution in [3.63, 3.8) is 0 Å². The summed E-state index contributed by atoms with van der Waals surface area (Å²) in [6.07, 6.45) is 3.30. The van der Waals surface area contributed by atoms with E-state index in [-0.39, 0.29) is 5.92 Å². The second-order valence-corrected chi connectivity index (χ2v) is 5.32. The number of hydrogen-bond acceptors (Lipinski definition) is 6. The quantitative estimate of drug-likeness (QED) is 0.847. The number of aryl methyl sites for hydroxylation is 1. The Balaban J connectivity index is 1.75. The summed E-state index contributed by atoms with van der Waals surface area (Å²) in [5.74, 6) is 0.612. The highest BCUT2D eigenvalue weighted by Crippen LogP contribution is 2.26. The van der Waals surface area contributed by atoms with Crippen molar-refractivity contribution < 1.29 is 5.11 Å². The lowest BCUT2D eigenvalue weighted by Gasteiger charge is -2.17. The van der Waals surface area contributed by atoms with E-state index in [2.05, 4.69) is 20.2 Å². The number of nitriles is 1. The van der Waals surface area contributed by atoms with Gasteiger partial charge in [-0.25, -0.2) is 9.97 Å². The monoisotopic (exact) mass is 284 g/mol. The molecule has 0 saturated carbocycles. The normalized spacial score (nSPS) is 21.5. The number of aromatic nitrogens is 4. The number of β-amino-alcohol motifs (C(OH)–C–C–N with tert-alkyl or cyclic N) is 1. The third-order valence-corrected chi connectivity index (χ3v) is 3.72. The minimum absolute atomic E-state index is 0.0706. The first-order valence-corrected chi connectivity index (χ1v) is 6.82. The lowest BCUT2D eigenvalue weighted by atomic mass is 10.0. The number of hydrogen-bond donors (Lipinski definition) is 2. The van der Waals surface area contributed by atoms with Gasteiger partial charge in [-0.3, -0.25) is 5.10 Å². The largest absolute Gasteiger partial charge is 0.391 e. The fourth-order valence-electron chi connectivity index (χ4n) is 2.72. The van der Waals surface area contributed by atoms with Crippen LogP contribution >= 0.6 is 0 Å². The smallest absolute Gasteiger partial charge is 0.183 e. The molecule has 1 aliphatic heterocycles. The molecule has 7 nitrogen and oxygen atoms in total. The Morgan fingerprint density at radius 2 is 2.24 bits per heavy atom. The fourth-order valence-corrected chi connectivity index (χ4v) is 2.72. The van der Waals surface area contributed by atoms with Crippen molar-refractivity contribution in [1.29, 1.82) is 5.26 Å². The molecule has 2 atom stereocenters. The summed E-state index contributed by atoms with van der Waals surface area (Å²) in [6.45, 7) is 3.05. The minimum Gasteiger partial charge on any atom is -0.391 e. The van der Waals surface area contributed by atoms with Crippen LogP contribution in [0.2, 0.25) is 0 Å². The highest BCUT2D eigenvalue weighted by Gasteiger charge is 2.33. The number of aliphatic hydroxyl groups is 1. The summed E-state index contributed by atoms with van der Waals surface area (Å²) in [7, 11) is 0. The van der Waals surface area contributed by atoms with E-state index in [0.717, 1.165) is 11.4 Å². The molecule has 7 heteroatoms. The summed E-state index contributed by atoms with van der Waals surface area (Å²) in [6, 6.07) is 4.03. The lowest BCUT2D eigenvalue weighted by Crippen LogP contribution is -2.23. The predicted molar refractivity (Wildman–Crippen MR) is 75.5 cm³/mol. The van der Waals surface area contributed by atoms with Gasteiger partial charge in [0, 0.05) is 37.1 Å². The summed E-state index contributed by atoms with van der Waals surface area (Å²) in [4.78, 5) is 10.2. The van der Waals surface area contributed by atoms with Gasteiger partial charge in [-0.15, -0.1) is 0 Å². The molecular formula is C14H16N6O. The number of H-pyrrole nitrogens is 1. The molecule has 108 valence electrons. The van der Waals surface area contributed by atoms with Gasteiger partial charge in [0.25, 0.3) is 0 Å². The van der Waals surface area contributed by atoms with E-state index < -0.39 is 6.10 Å². The molecule has 1 fully saturated rings. The Kier molecular flexibility index (Phi) is 3.54. The van der Waals surface area contributed by atoms with Gasteiger partial charge in [-0.1, -0.05) is 0 Å². The van der Waals surface area contributed by atoms with E-state index in [1.165, 1.54) is 6.20 Å². The number of aliphatic hydroxyl groups excluding tert-OH is 1. The number of rotatable bonds is 3. The highest BCUT2D eigenvalue weighted by atomic mass is 16.3. The van der Waals surface area contributed by atoms with E-state index >= 15 is 0 Å². The zero-order valence-electron chi connectivity index (χ0n) is 11.7. The van der Waals surface area contributed by atoms with Gasteiger partial charge < -0.3 is 10.0 Å². The van der Waals surface area contributed by atoms with Gasteiger partial charge in [0.1, 0.15) is 6.07 Å². The number of aromatic amines is 1. The first kappa shape index (κ1) is 13.5. The third kappa shape index (κ3) is 2.71. The van der Waals surface area contributed by atoms with E-state index in [9.17, 15) is 5.11 Å². The summed E-state index contributed by atoms with van der Waals surface area (Å²) < 4.78 is 0. The maximum Gasteiger partial charge on any atom is 0.183 e. The zero-order valence-corrected chi connectivity index (χ0v) is 11.7. The van der Waals surface area contributed by atoms with Crippen LogP contribution in [0.3, 0.4) is 0 Å². The molecule has 2 aromatic rings. The predicted octanol–water partition coefficient (Wildman–Crippen LogP) is 0.420. The molecule has 0 unspecified atom stereocenters. The van der Waals surface area contributed by atoms with E-state index in [4.69, 9.17) is 5.26 Å². The van der Waals surface area contributed by atoms with Crippen molar-refractivity contribution in [2.75, 3.05) is 18.0 Å². The Bertz CT molecular complexity index is 676. The molecule has 3 heterocycles. The van der Waals surface area contributed by atoms with Gasteiger partial charge in [0.2, 0.25) is 0 Å². The van der Waals surface area contributed by atoms with Crippen molar-refractivity contribution in [2.45, 2.75) is 19.4 Å². The van der Waals surface area contributed by atoms with Crippen LogP contribution in [0.1, 0.15) is 17.1 Å². The number of nitrogens with zero attached hydrogens (tertiary/aromatic N) is 5. The van der Waals surface area contributed by atoms with E-state index in [0.29, 0.717) is 31.0 Å². The molecule has 2 aromatic heterocycles. The number of anilines is 1. The minimum atomic E-state index is -0.462. The van der Waals surface area contributed by atoms with Gasteiger partial charge in [0.15, 0.2) is 11.5 Å². The number of nitrogens with one attached hydrogen (secondary N) is 1. The van der Waals surface area contributed by atoms with Crippen molar-refractivity contribution >= 4 is 5.82 Å². The summed E-state index contributed by atoms with van der Waals surface area (Å²) in [5, 5.41) is 26.5. The van der Waals surface area contributed by atoms with Crippen LogP contribution in [0.5, 0.6) is 0 Å². The van der Waals surface area contributed by atoms with Crippen LogP contribution in [0.15, 0.2) is 18.5 Å².